The molecule has 3 N–H and O–H groups in total. The van der Waals surface area contributed by atoms with E-state index in [1.807, 2.05) is 37.2 Å². The Morgan fingerprint density at radius 2 is 2.18 bits per heavy atom. The van der Waals surface area contributed by atoms with Crippen molar-refractivity contribution in [3.8, 4) is 0 Å². The summed E-state index contributed by atoms with van der Waals surface area (Å²) < 4.78 is 0.942. The van der Waals surface area contributed by atoms with Gasteiger partial charge in [0.2, 0.25) is 5.91 Å². The first-order valence-corrected chi connectivity index (χ1v) is 6.30. The van der Waals surface area contributed by atoms with Crippen LogP contribution in [0.5, 0.6) is 0 Å². The van der Waals surface area contributed by atoms with Gasteiger partial charge in [-0.05, 0) is 31.2 Å². The van der Waals surface area contributed by atoms with E-state index in [1.54, 1.807) is 0 Å². The standard InChI is InChI=1S/C12H18BrN3O/c1-16(2)11-6-5-9(13)8-10(11)15-12(17)4-3-7-14/h5-6,8H,3-4,7,14H2,1-2H3,(H,15,17). The second-order valence-corrected chi connectivity index (χ2v) is 4.91. The Bertz CT molecular complexity index is 393. The molecule has 1 amide bonds. The van der Waals surface area contributed by atoms with E-state index >= 15 is 0 Å². The van der Waals surface area contributed by atoms with E-state index in [2.05, 4.69) is 21.2 Å². The number of rotatable bonds is 5. The van der Waals surface area contributed by atoms with Gasteiger partial charge in [0.05, 0.1) is 11.4 Å². The molecule has 1 aromatic carbocycles. The number of nitrogens with zero attached hydrogens (tertiary/aromatic N) is 1. The predicted molar refractivity (Wildman–Crippen MR) is 75.4 cm³/mol. The number of nitrogens with one attached hydrogen (secondary N) is 1. The van der Waals surface area contributed by atoms with Crippen LogP contribution >= 0.6 is 15.9 Å². The molecular formula is C12H18BrN3O. The van der Waals surface area contributed by atoms with Gasteiger partial charge in [0.1, 0.15) is 0 Å². The molecule has 0 spiro atoms. The van der Waals surface area contributed by atoms with Gasteiger partial charge in [-0.3, -0.25) is 4.79 Å². The van der Waals surface area contributed by atoms with Crippen LogP contribution < -0.4 is 16.0 Å². The summed E-state index contributed by atoms with van der Waals surface area (Å²) in [5.74, 6) is -0.00310. The first-order chi connectivity index (χ1) is 8.04. The zero-order valence-electron chi connectivity index (χ0n) is 10.2. The molecule has 0 aromatic heterocycles. The van der Waals surface area contributed by atoms with E-state index < -0.39 is 0 Å². The third kappa shape index (κ3) is 4.36. The molecule has 1 rings (SSSR count). The fourth-order valence-corrected chi connectivity index (χ4v) is 1.83. The van der Waals surface area contributed by atoms with Crippen LogP contribution in [0.3, 0.4) is 0 Å². The lowest BCUT2D eigenvalue weighted by atomic mass is 10.2. The van der Waals surface area contributed by atoms with Gasteiger partial charge in [-0.15, -0.1) is 0 Å². The molecule has 0 aliphatic rings. The molecule has 0 radical (unpaired) electrons. The normalized spacial score (nSPS) is 10.1. The van der Waals surface area contributed by atoms with E-state index in [0.717, 1.165) is 15.8 Å². The minimum absolute atomic E-state index is 0.00310. The molecule has 0 heterocycles. The first-order valence-electron chi connectivity index (χ1n) is 5.51. The zero-order chi connectivity index (χ0) is 12.8. The van der Waals surface area contributed by atoms with Crippen molar-refractivity contribution < 1.29 is 4.79 Å². The van der Waals surface area contributed by atoms with Crippen LogP contribution in [0.15, 0.2) is 22.7 Å². The highest BCUT2D eigenvalue weighted by molar-refractivity contribution is 9.10. The van der Waals surface area contributed by atoms with E-state index in [-0.39, 0.29) is 5.91 Å². The lowest BCUT2D eigenvalue weighted by Crippen LogP contribution is -2.17. The molecule has 0 aliphatic heterocycles. The molecule has 5 heteroatoms. The Labute approximate surface area is 110 Å². The fraction of sp³-hybridized carbons (Fsp3) is 0.417. The number of hydrogen-bond donors (Lipinski definition) is 2. The van der Waals surface area contributed by atoms with Gasteiger partial charge in [-0.2, -0.15) is 0 Å². The summed E-state index contributed by atoms with van der Waals surface area (Å²) in [6, 6.07) is 5.81. The first kappa shape index (κ1) is 14.0. The number of hydrogen-bond acceptors (Lipinski definition) is 3. The van der Waals surface area contributed by atoms with Crippen molar-refractivity contribution in [1.29, 1.82) is 0 Å². The van der Waals surface area contributed by atoms with E-state index in [1.165, 1.54) is 0 Å². The number of amides is 1. The average Bonchev–Trinajstić information content (AvgIpc) is 2.26. The van der Waals surface area contributed by atoms with Gasteiger partial charge in [0.25, 0.3) is 0 Å². The lowest BCUT2D eigenvalue weighted by molar-refractivity contribution is -0.116. The molecular weight excluding hydrogens is 282 g/mol. The smallest absolute Gasteiger partial charge is 0.224 e. The maximum absolute atomic E-state index is 11.7. The van der Waals surface area contributed by atoms with Crippen LogP contribution in [0.25, 0.3) is 0 Å². The largest absolute Gasteiger partial charge is 0.376 e. The molecule has 0 saturated heterocycles. The maximum atomic E-state index is 11.7. The van der Waals surface area contributed by atoms with Gasteiger partial charge >= 0.3 is 0 Å². The SMILES string of the molecule is CN(C)c1ccc(Br)cc1NC(=O)CCCN. The molecule has 0 fully saturated rings. The minimum atomic E-state index is -0.00310. The molecule has 0 bridgehead atoms. The topological polar surface area (TPSA) is 58.4 Å². The van der Waals surface area contributed by atoms with E-state index in [9.17, 15) is 4.79 Å². The fourth-order valence-electron chi connectivity index (χ4n) is 1.47. The number of anilines is 2. The Morgan fingerprint density at radius 3 is 2.76 bits per heavy atom. The quantitative estimate of drug-likeness (QED) is 0.876. The molecule has 17 heavy (non-hydrogen) atoms. The number of halogens is 1. The number of carbonyl (C=O) groups excluding carboxylic acids is 1. The molecule has 4 nitrogen and oxygen atoms in total. The molecule has 0 saturated carbocycles. The average molecular weight is 300 g/mol. The summed E-state index contributed by atoms with van der Waals surface area (Å²) >= 11 is 3.40. The van der Waals surface area contributed by atoms with Crippen LogP contribution in [0.2, 0.25) is 0 Å². The Morgan fingerprint density at radius 1 is 1.47 bits per heavy atom. The van der Waals surface area contributed by atoms with Gasteiger partial charge < -0.3 is 16.0 Å². The zero-order valence-corrected chi connectivity index (χ0v) is 11.8. The van der Waals surface area contributed by atoms with Crippen LogP contribution in [0, 0.1) is 0 Å². The maximum Gasteiger partial charge on any atom is 0.224 e. The number of carbonyl (C=O) groups is 1. The second-order valence-electron chi connectivity index (χ2n) is 4.00. The molecule has 0 unspecified atom stereocenters. The highest BCUT2D eigenvalue weighted by Gasteiger charge is 2.08. The lowest BCUT2D eigenvalue weighted by Gasteiger charge is -2.18. The van der Waals surface area contributed by atoms with Crippen LogP contribution in [0.4, 0.5) is 11.4 Å². The van der Waals surface area contributed by atoms with Gasteiger partial charge in [0.15, 0.2) is 0 Å². The van der Waals surface area contributed by atoms with Crippen molar-refractivity contribution in [3.63, 3.8) is 0 Å². The van der Waals surface area contributed by atoms with Crippen molar-refractivity contribution in [2.45, 2.75) is 12.8 Å². The summed E-state index contributed by atoms with van der Waals surface area (Å²) in [5.41, 5.74) is 7.17. The van der Waals surface area contributed by atoms with Crippen LogP contribution in [0.1, 0.15) is 12.8 Å². The van der Waals surface area contributed by atoms with Crippen molar-refractivity contribution in [3.05, 3.63) is 22.7 Å². The Hall–Kier alpha value is -1.07. The summed E-state index contributed by atoms with van der Waals surface area (Å²) in [6.07, 6.45) is 1.16. The van der Waals surface area contributed by atoms with Gasteiger partial charge in [0, 0.05) is 25.0 Å². The van der Waals surface area contributed by atoms with E-state index in [0.29, 0.717) is 19.4 Å². The second kappa shape index (κ2) is 6.61. The number of benzene rings is 1. The molecule has 94 valence electrons. The minimum Gasteiger partial charge on any atom is -0.376 e. The molecule has 0 aliphatic carbocycles. The van der Waals surface area contributed by atoms with E-state index in [4.69, 9.17) is 5.73 Å². The van der Waals surface area contributed by atoms with Gasteiger partial charge in [-0.1, -0.05) is 15.9 Å². The van der Waals surface area contributed by atoms with Gasteiger partial charge in [-0.25, -0.2) is 0 Å². The Kier molecular flexibility index (Phi) is 5.44. The summed E-state index contributed by atoms with van der Waals surface area (Å²) in [4.78, 5) is 13.6. The predicted octanol–water partition coefficient (Wildman–Crippen LogP) is 2.19. The van der Waals surface area contributed by atoms with Crippen molar-refractivity contribution in [2.75, 3.05) is 30.9 Å². The third-order valence-corrected chi connectivity index (χ3v) is 2.82. The summed E-state index contributed by atoms with van der Waals surface area (Å²) in [6.45, 7) is 0.534. The monoisotopic (exact) mass is 299 g/mol. The van der Waals surface area contributed by atoms with Crippen LogP contribution in [-0.4, -0.2) is 26.5 Å². The highest BCUT2D eigenvalue weighted by Crippen LogP contribution is 2.28. The number of nitrogens with two attached hydrogens (primary N) is 1. The van der Waals surface area contributed by atoms with Crippen molar-refractivity contribution in [2.24, 2.45) is 5.73 Å². The molecule has 1 aromatic rings. The third-order valence-electron chi connectivity index (χ3n) is 2.32. The highest BCUT2D eigenvalue weighted by atomic mass is 79.9. The van der Waals surface area contributed by atoms with Crippen molar-refractivity contribution >= 4 is 33.2 Å². The summed E-state index contributed by atoms with van der Waals surface area (Å²) in [5, 5.41) is 2.90. The summed E-state index contributed by atoms with van der Waals surface area (Å²) in [7, 11) is 3.89. The molecule has 0 atom stereocenters. The van der Waals surface area contributed by atoms with Crippen LogP contribution in [-0.2, 0) is 4.79 Å². The van der Waals surface area contributed by atoms with Crippen molar-refractivity contribution in [1.82, 2.24) is 0 Å². The Balaban J connectivity index is 2.81.